The molecule has 0 saturated carbocycles. The van der Waals surface area contributed by atoms with Gasteiger partial charge in [0.15, 0.2) is 0 Å². The van der Waals surface area contributed by atoms with Crippen LogP contribution in [0, 0.1) is 13.8 Å². The third-order valence-corrected chi connectivity index (χ3v) is 4.02. The monoisotopic (exact) mass is 281 g/mol. The van der Waals surface area contributed by atoms with Gasteiger partial charge in [-0.05, 0) is 49.4 Å². The van der Waals surface area contributed by atoms with Crippen LogP contribution < -0.4 is 5.32 Å². The van der Waals surface area contributed by atoms with Crippen molar-refractivity contribution in [3.63, 3.8) is 0 Å². The lowest BCUT2D eigenvalue weighted by Gasteiger charge is -2.26. The summed E-state index contributed by atoms with van der Waals surface area (Å²) in [6.45, 7) is 4.20. The first-order valence-electron chi connectivity index (χ1n) is 7.24. The van der Waals surface area contributed by atoms with E-state index in [-0.39, 0.29) is 0 Å². The van der Waals surface area contributed by atoms with Gasteiger partial charge in [-0.1, -0.05) is 41.5 Å². The normalized spacial score (nSPS) is 17.0. The minimum Gasteiger partial charge on any atom is -0.480 e. The van der Waals surface area contributed by atoms with Gasteiger partial charge >= 0.3 is 5.97 Å². The molecule has 2 aromatic rings. The molecule has 0 spiro atoms. The van der Waals surface area contributed by atoms with Gasteiger partial charge in [0.2, 0.25) is 0 Å². The Morgan fingerprint density at radius 2 is 1.90 bits per heavy atom. The summed E-state index contributed by atoms with van der Waals surface area (Å²) in [6.07, 6.45) is 1.42. The second-order valence-electron chi connectivity index (χ2n) is 5.78. The quantitative estimate of drug-likeness (QED) is 0.880. The van der Waals surface area contributed by atoms with E-state index in [0.717, 1.165) is 12.1 Å². The minimum absolute atomic E-state index is 0.480. The summed E-state index contributed by atoms with van der Waals surface area (Å²) in [5, 5.41) is 12.3. The van der Waals surface area contributed by atoms with Gasteiger partial charge in [0, 0.05) is 5.69 Å². The van der Waals surface area contributed by atoms with Crippen LogP contribution in [-0.2, 0) is 11.2 Å². The highest BCUT2D eigenvalue weighted by Gasteiger charge is 2.24. The first kappa shape index (κ1) is 13.7. The van der Waals surface area contributed by atoms with Crippen LogP contribution in [0.3, 0.4) is 0 Å². The van der Waals surface area contributed by atoms with Crippen molar-refractivity contribution in [2.75, 3.05) is 5.32 Å². The molecule has 0 bridgehead atoms. The number of carbonyl (C=O) groups is 1. The van der Waals surface area contributed by atoms with E-state index in [4.69, 9.17) is 5.11 Å². The average molecular weight is 281 g/mol. The fourth-order valence-corrected chi connectivity index (χ4v) is 3.13. The minimum atomic E-state index is -0.780. The molecule has 2 aromatic carbocycles. The van der Waals surface area contributed by atoms with Crippen molar-refractivity contribution in [3.05, 3.63) is 53.1 Å². The van der Waals surface area contributed by atoms with Gasteiger partial charge in [-0.3, -0.25) is 0 Å². The van der Waals surface area contributed by atoms with Crippen molar-refractivity contribution in [2.24, 2.45) is 0 Å². The SMILES string of the molecule is Cc1cc(C)cc(-c2cccc3c2CCC(C(=O)O)N3)c1. The Bertz CT molecular complexity index is 686. The molecule has 3 rings (SSSR count). The molecule has 0 aliphatic carbocycles. The molecule has 1 aliphatic rings. The van der Waals surface area contributed by atoms with Gasteiger partial charge in [-0.25, -0.2) is 4.79 Å². The van der Waals surface area contributed by atoms with Crippen LogP contribution in [-0.4, -0.2) is 17.1 Å². The van der Waals surface area contributed by atoms with E-state index in [1.54, 1.807) is 0 Å². The predicted octanol–water partition coefficient (Wildman–Crippen LogP) is 3.78. The maximum absolute atomic E-state index is 11.1. The first-order chi connectivity index (χ1) is 10.0. The van der Waals surface area contributed by atoms with Gasteiger partial charge in [-0.2, -0.15) is 0 Å². The summed E-state index contributed by atoms with van der Waals surface area (Å²) >= 11 is 0. The maximum atomic E-state index is 11.1. The zero-order valence-electron chi connectivity index (χ0n) is 12.3. The summed E-state index contributed by atoms with van der Waals surface area (Å²) in [5.74, 6) is -0.780. The van der Waals surface area contributed by atoms with Crippen LogP contribution in [0.25, 0.3) is 11.1 Å². The van der Waals surface area contributed by atoms with Crippen LogP contribution in [0.1, 0.15) is 23.1 Å². The molecule has 0 amide bonds. The van der Waals surface area contributed by atoms with Crippen LogP contribution in [0.2, 0.25) is 0 Å². The van der Waals surface area contributed by atoms with E-state index in [0.29, 0.717) is 6.42 Å². The highest BCUT2D eigenvalue weighted by atomic mass is 16.4. The van der Waals surface area contributed by atoms with E-state index >= 15 is 0 Å². The molecule has 1 atom stereocenters. The Morgan fingerprint density at radius 3 is 2.57 bits per heavy atom. The number of rotatable bonds is 2. The molecule has 1 heterocycles. The number of hydrogen-bond acceptors (Lipinski definition) is 2. The van der Waals surface area contributed by atoms with E-state index in [2.05, 4.69) is 43.4 Å². The highest BCUT2D eigenvalue weighted by molar-refractivity contribution is 5.82. The summed E-state index contributed by atoms with van der Waals surface area (Å²) in [6, 6.07) is 12.1. The number of anilines is 1. The van der Waals surface area contributed by atoms with E-state index < -0.39 is 12.0 Å². The molecule has 0 radical (unpaired) electrons. The smallest absolute Gasteiger partial charge is 0.326 e. The Morgan fingerprint density at radius 1 is 1.19 bits per heavy atom. The summed E-state index contributed by atoms with van der Waals surface area (Å²) in [4.78, 5) is 11.1. The molecular weight excluding hydrogens is 262 g/mol. The molecule has 3 heteroatoms. The van der Waals surface area contributed by atoms with Crippen molar-refractivity contribution in [2.45, 2.75) is 32.7 Å². The topological polar surface area (TPSA) is 49.3 Å². The average Bonchev–Trinajstić information content (AvgIpc) is 2.45. The predicted molar refractivity (Wildman–Crippen MR) is 84.7 cm³/mol. The molecule has 0 aromatic heterocycles. The van der Waals surface area contributed by atoms with Crippen molar-refractivity contribution >= 4 is 11.7 Å². The number of fused-ring (bicyclic) bond motifs is 1. The third-order valence-electron chi connectivity index (χ3n) is 4.02. The van der Waals surface area contributed by atoms with E-state index in [1.807, 2.05) is 12.1 Å². The van der Waals surface area contributed by atoms with Gasteiger partial charge in [0.25, 0.3) is 0 Å². The highest BCUT2D eigenvalue weighted by Crippen LogP contribution is 2.34. The summed E-state index contributed by atoms with van der Waals surface area (Å²) in [7, 11) is 0. The second-order valence-corrected chi connectivity index (χ2v) is 5.78. The molecule has 0 fully saturated rings. The third kappa shape index (κ3) is 2.64. The zero-order valence-corrected chi connectivity index (χ0v) is 12.3. The molecule has 21 heavy (non-hydrogen) atoms. The number of aryl methyl sites for hydroxylation is 2. The number of carboxylic acid groups (broad SMARTS) is 1. The van der Waals surface area contributed by atoms with Crippen LogP contribution >= 0.6 is 0 Å². The Hall–Kier alpha value is -2.29. The molecule has 3 nitrogen and oxygen atoms in total. The van der Waals surface area contributed by atoms with Gasteiger partial charge in [-0.15, -0.1) is 0 Å². The summed E-state index contributed by atoms with van der Waals surface area (Å²) < 4.78 is 0. The van der Waals surface area contributed by atoms with Crippen molar-refractivity contribution in [3.8, 4) is 11.1 Å². The number of benzene rings is 2. The molecule has 1 aliphatic heterocycles. The lowest BCUT2D eigenvalue weighted by molar-refractivity contribution is -0.138. The van der Waals surface area contributed by atoms with Crippen LogP contribution in [0.4, 0.5) is 5.69 Å². The van der Waals surface area contributed by atoms with Crippen molar-refractivity contribution < 1.29 is 9.90 Å². The Balaban J connectivity index is 2.06. The van der Waals surface area contributed by atoms with Gasteiger partial charge in [0.05, 0.1) is 0 Å². The lowest BCUT2D eigenvalue weighted by atomic mass is 9.89. The maximum Gasteiger partial charge on any atom is 0.326 e. The van der Waals surface area contributed by atoms with E-state index in [9.17, 15) is 4.79 Å². The fraction of sp³-hybridized carbons (Fsp3) is 0.278. The number of nitrogens with one attached hydrogen (secondary N) is 1. The Labute approximate surface area is 124 Å². The molecule has 2 N–H and O–H groups in total. The molecular formula is C18H19NO2. The largest absolute Gasteiger partial charge is 0.480 e. The van der Waals surface area contributed by atoms with Crippen molar-refractivity contribution in [1.82, 2.24) is 0 Å². The number of carboxylic acids is 1. The van der Waals surface area contributed by atoms with E-state index in [1.165, 1.54) is 27.8 Å². The zero-order chi connectivity index (χ0) is 15.0. The van der Waals surface area contributed by atoms with Gasteiger partial charge in [0.1, 0.15) is 6.04 Å². The molecule has 0 saturated heterocycles. The van der Waals surface area contributed by atoms with Crippen molar-refractivity contribution in [1.29, 1.82) is 0 Å². The van der Waals surface area contributed by atoms with Crippen LogP contribution in [0.15, 0.2) is 36.4 Å². The number of aliphatic carboxylic acids is 1. The standard InChI is InChI=1S/C18H19NO2/c1-11-8-12(2)10-13(9-11)14-4-3-5-16-15(14)6-7-17(19-16)18(20)21/h3-5,8-10,17,19H,6-7H2,1-2H3,(H,20,21). The second kappa shape index (κ2) is 5.24. The Kier molecular flexibility index (Phi) is 3.42. The summed E-state index contributed by atoms with van der Waals surface area (Å²) in [5.41, 5.74) is 7.07. The first-order valence-corrected chi connectivity index (χ1v) is 7.24. The van der Waals surface area contributed by atoms with Gasteiger partial charge < -0.3 is 10.4 Å². The molecule has 1 unspecified atom stereocenters. The van der Waals surface area contributed by atoms with Crippen LogP contribution in [0.5, 0.6) is 0 Å². The fourth-order valence-electron chi connectivity index (χ4n) is 3.13. The lowest BCUT2D eigenvalue weighted by Crippen LogP contribution is -2.33. The number of hydrogen-bond donors (Lipinski definition) is 2. The molecule has 108 valence electrons.